The monoisotopic (exact) mass is 407 g/mol. The number of benzene rings is 3. The van der Waals surface area contributed by atoms with Gasteiger partial charge in [-0.05, 0) is 30.3 Å². The summed E-state index contributed by atoms with van der Waals surface area (Å²) in [5.74, 6) is 0. The number of hydrogen-bond donors (Lipinski definition) is 0. The SMILES string of the molecule is c1ccc2c(c1)sc1c2ncc2c1c1ccccc1n2-c1ccc2scnc2c1. The van der Waals surface area contributed by atoms with Crippen molar-refractivity contribution in [1.29, 1.82) is 0 Å². The van der Waals surface area contributed by atoms with Crippen molar-refractivity contribution in [3.8, 4) is 5.69 Å². The lowest BCUT2D eigenvalue weighted by atomic mass is 10.1. The van der Waals surface area contributed by atoms with Gasteiger partial charge in [-0.2, -0.15) is 0 Å². The second-order valence-electron chi connectivity index (χ2n) is 7.15. The van der Waals surface area contributed by atoms with Crippen LogP contribution in [0, 0.1) is 0 Å². The lowest BCUT2D eigenvalue weighted by Gasteiger charge is -2.07. The van der Waals surface area contributed by atoms with Gasteiger partial charge in [-0.3, -0.25) is 4.98 Å². The highest BCUT2D eigenvalue weighted by molar-refractivity contribution is 7.26. The number of nitrogens with zero attached hydrogens (tertiary/aromatic N) is 3. The van der Waals surface area contributed by atoms with Crippen molar-refractivity contribution in [1.82, 2.24) is 14.5 Å². The largest absolute Gasteiger partial charge is 0.308 e. The Morgan fingerprint density at radius 2 is 1.62 bits per heavy atom. The van der Waals surface area contributed by atoms with Crippen LogP contribution in [0.2, 0.25) is 0 Å². The Hall–Kier alpha value is -3.28. The van der Waals surface area contributed by atoms with Crippen molar-refractivity contribution in [3.63, 3.8) is 0 Å². The van der Waals surface area contributed by atoms with E-state index in [-0.39, 0.29) is 0 Å². The molecule has 0 saturated carbocycles. The third kappa shape index (κ3) is 2.06. The van der Waals surface area contributed by atoms with Crippen LogP contribution in [0.1, 0.15) is 0 Å². The Morgan fingerprint density at radius 1 is 0.759 bits per heavy atom. The van der Waals surface area contributed by atoms with E-state index in [0.29, 0.717) is 0 Å². The Labute approximate surface area is 173 Å². The van der Waals surface area contributed by atoms with Crippen LogP contribution in [0.25, 0.3) is 58.0 Å². The minimum absolute atomic E-state index is 1.04. The summed E-state index contributed by atoms with van der Waals surface area (Å²) in [5, 5.41) is 3.78. The molecule has 4 aromatic heterocycles. The van der Waals surface area contributed by atoms with E-state index < -0.39 is 0 Å². The van der Waals surface area contributed by atoms with Crippen molar-refractivity contribution >= 4 is 75.0 Å². The van der Waals surface area contributed by atoms with Crippen molar-refractivity contribution < 1.29 is 0 Å². The number of aromatic nitrogens is 3. The molecule has 136 valence electrons. The summed E-state index contributed by atoms with van der Waals surface area (Å²) in [6.45, 7) is 0. The normalized spacial score (nSPS) is 12.1. The molecule has 0 amide bonds. The molecule has 0 aliphatic rings. The number of thiazole rings is 1. The van der Waals surface area contributed by atoms with Crippen molar-refractivity contribution in [2.45, 2.75) is 0 Å². The average Bonchev–Trinajstić information content (AvgIpc) is 3.46. The van der Waals surface area contributed by atoms with Gasteiger partial charge < -0.3 is 4.57 Å². The van der Waals surface area contributed by atoms with Gasteiger partial charge in [-0.25, -0.2) is 4.98 Å². The van der Waals surface area contributed by atoms with E-state index in [0.717, 1.165) is 22.2 Å². The van der Waals surface area contributed by atoms with E-state index in [1.54, 1.807) is 11.3 Å². The molecule has 0 aliphatic heterocycles. The maximum absolute atomic E-state index is 4.91. The molecule has 0 spiro atoms. The molecule has 7 aromatic rings. The Bertz CT molecular complexity index is 1720. The number of fused-ring (bicyclic) bond motifs is 8. The van der Waals surface area contributed by atoms with Gasteiger partial charge in [0.2, 0.25) is 0 Å². The first-order valence-corrected chi connectivity index (χ1v) is 11.1. The highest BCUT2D eigenvalue weighted by Crippen LogP contribution is 2.42. The smallest absolute Gasteiger partial charge is 0.0896 e. The third-order valence-electron chi connectivity index (χ3n) is 5.60. The summed E-state index contributed by atoms with van der Waals surface area (Å²) in [7, 11) is 0. The van der Waals surface area contributed by atoms with Crippen molar-refractivity contribution in [2.75, 3.05) is 0 Å². The summed E-state index contributed by atoms with van der Waals surface area (Å²) in [4.78, 5) is 9.43. The molecule has 3 nitrogen and oxygen atoms in total. The maximum Gasteiger partial charge on any atom is 0.0896 e. The predicted octanol–water partition coefficient (Wildman–Crippen LogP) is 7.16. The molecule has 0 aliphatic carbocycles. The summed E-state index contributed by atoms with van der Waals surface area (Å²) in [6.07, 6.45) is 2.03. The molecular weight excluding hydrogens is 394 g/mol. The fourth-order valence-electron chi connectivity index (χ4n) is 4.34. The molecular formula is C24H13N3S2. The second kappa shape index (κ2) is 5.63. The van der Waals surface area contributed by atoms with Crippen LogP contribution in [0.5, 0.6) is 0 Å². The molecule has 3 aromatic carbocycles. The zero-order valence-corrected chi connectivity index (χ0v) is 16.8. The minimum atomic E-state index is 1.04. The van der Waals surface area contributed by atoms with Crippen molar-refractivity contribution in [2.24, 2.45) is 0 Å². The molecule has 0 N–H and O–H groups in total. The number of hydrogen-bond acceptors (Lipinski definition) is 4. The Balaban J connectivity index is 1.69. The highest BCUT2D eigenvalue weighted by atomic mass is 32.1. The van der Waals surface area contributed by atoms with Crippen LogP contribution < -0.4 is 0 Å². The fraction of sp³-hybridized carbons (Fsp3) is 0. The Morgan fingerprint density at radius 3 is 2.59 bits per heavy atom. The molecule has 0 radical (unpaired) electrons. The first-order chi connectivity index (χ1) is 14.4. The van der Waals surface area contributed by atoms with Gasteiger partial charge in [0.15, 0.2) is 0 Å². The molecule has 0 bridgehead atoms. The fourth-order valence-corrected chi connectivity index (χ4v) is 6.22. The molecule has 0 atom stereocenters. The van der Waals surface area contributed by atoms with Gasteiger partial charge in [0.25, 0.3) is 0 Å². The van der Waals surface area contributed by atoms with Crippen LogP contribution in [-0.4, -0.2) is 14.5 Å². The Kier molecular flexibility index (Phi) is 3.03. The number of pyridine rings is 1. The van der Waals surface area contributed by atoms with E-state index >= 15 is 0 Å². The molecule has 29 heavy (non-hydrogen) atoms. The zero-order valence-electron chi connectivity index (χ0n) is 15.2. The lowest BCUT2D eigenvalue weighted by Crippen LogP contribution is -1.93. The highest BCUT2D eigenvalue weighted by Gasteiger charge is 2.18. The third-order valence-corrected chi connectivity index (χ3v) is 7.58. The average molecular weight is 408 g/mol. The molecule has 0 unspecified atom stereocenters. The van der Waals surface area contributed by atoms with Crippen LogP contribution in [0.15, 0.2) is 78.4 Å². The molecule has 4 heterocycles. The van der Waals surface area contributed by atoms with Crippen LogP contribution >= 0.6 is 22.7 Å². The summed E-state index contributed by atoms with van der Waals surface area (Å²) in [6, 6.07) is 23.7. The van der Waals surface area contributed by atoms with E-state index in [4.69, 9.17) is 4.98 Å². The van der Waals surface area contributed by atoms with Gasteiger partial charge in [0.05, 0.1) is 43.2 Å². The molecule has 5 heteroatoms. The van der Waals surface area contributed by atoms with E-state index in [1.807, 2.05) is 23.0 Å². The standard InChI is InChI=1S/C24H13N3S2/c1-3-7-18-15(5-1)22-19(27(18)14-9-10-21-17(11-14)26-13-28-21)12-25-23-16-6-2-4-8-20(16)29-24(22)23/h1-13H. The number of para-hydroxylation sites is 1. The zero-order chi connectivity index (χ0) is 18.9. The number of rotatable bonds is 1. The van der Waals surface area contributed by atoms with Gasteiger partial charge in [-0.1, -0.05) is 36.4 Å². The summed E-state index contributed by atoms with van der Waals surface area (Å²) in [5.41, 5.74) is 7.49. The second-order valence-corrected chi connectivity index (χ2v) is 9.09. The van der Waals surface area contributed by atoms with Crippen LogP contribution in [-0.2, 0) is 0 Å². The van der Waals surface area contributed by atoms with Gasteiger partial charge in [-0.15, -0.1) is 22.7 Å². The van der Waals surface area contributed by atoms with Crippen molar-refractivity contribution in [3.05, 3.63) is 78.4 Å². The summed E-state index contributed by atoms with van der Waals surface area (Å²) >= 11 is 3.51. The first kappa shape index (κ1) is 15.6. The van der Waals surface area contributed by atoms with Gasteiger partial charge >= 0.3 is 0 Å². The molecule has 7 rings (SSSR count). The van der Waals surface area contributed by atoms with E-state index in [1.165, 1.54) is 35.8 Å². The quantitative estimate of drug-likeness (QED) is 0.289. The summed E-state index contributed by atoms with van der Waals surface area (Å²) < 4.78 is 6.07. The topological polar surface area (TPSA) is 30.7 Å². The lowest BCUT2D eigenvalue weighted by molar-refractivity contribution is 1.18. The predicted molar refractivity (Wildman–Crippen MR) is 125 cm³/mol. The van der Waals surface area contributed by atoms with Gasteiger partial charge in [0, 0.05) is 26.5 Å². The first-order valence-electron chi connectivity index (χ1n) is 9.41. The van der Waals surface area contributed by atoms with E-state index in [2.05, 4.69) is 76.3 Å². The van der Waals surface area contributed by atoms with Gasteiger partial charge in [0.1, 0.15) is 0 Å². The maximum atomic E-state index is 4.91. The van der Waals surface area contributed by atoms with E-state index in [9.17, 15) is 0 Å². The van der Waals surface area contributed by atoms with Crippen LogP contribution in [0.4, 0.5) is 0 Å². The molecule has 0 saturated heterocycles. The van der Waals surface area contributed by atoms with Crippen LogP contribution in [0.3, 0.4) is 0 Å². The minimum Gasteiger partial charge on any atom is -0.308 e. The number of thiophene rings is 1. The molecule has 0 fully saturated rings.